The summed E-state index contributed by atoms with van der Waals surface area (Å²) in [6.07, 6.45) is 0. The van der Waals surface area contributed by atoms with Crippen molar-refractivity contribution >= 4 is 38.8 Å². The quantitative estimate of drug-likeness (QED) is 0.773. The van der Waals surface area contributed by atoms with E-state index in [0.717, 1.165) is 22.3 Å². The van der Waals surface area contributed by atoms with Crippen LogP contribution in [-0.2, 0) is 6.54 Å². The standard InChI is InChI=1S/C16H17BrN2OS/c17-15-10-13(6-7-14(15)16(18)21)19(8-9-20)11-12-4-2-1-3-5-12/h1-7,10,20H,8-9,11H2,(H2,18,21). The van der Waals surface area contributed by atoms with Gasteiger partial charge >= 0.3 is 0 Å². The van der Waals surface area contributed by atoms with Gasteiger partial charge in [-0.25, -0.2) is 0 Å². The van der Waals surface area contributed by atoms with Crippen LogP contribution >= 0.6 is 28.1 Å². The van der Waals surface area contributed by atoms with E-state index in [1.807, 2.05) is 36.4 Å². The summed E-state index contributed by atoms with van der Waals surface area (Å²) in [6.45, 7) is 1.40. The SMILES string of the molecule is NC(=S)c1ccc(N(CCO)Cc2ccccc2)cc1Br. The van der Waals surface area contributed by atoms with Crippen LogP contribution in [0.4, 0.5) is 5.69 Å². The van der Waals surface area contributed by atoms with Gasteiger partial charge in [0.05, 0.1) is 6.61 Å². The molecule has 0 amide bonds. The Morgan fingerprint density at radius 1 is 1.19 bits per heavy atom. The molecule has 110 valence electrons. The molecular formula is C16H17BrN2OS. The zero-order valence-corrected chi connectivity index (χ0v) is 13.9. The molecule has 0 atom stereocenters. The maximum absolute atomic E-state index is 9.29. The number of aliphatic hydroxyl groups excluding tert-OH is 1. The Labute approximate surface area is 138 Å². The van der Waals surface area contributed by atoms with Gasteiger partial charge in [0.2, 0.25) is 0 Å². The smallest absolute Gasteiger partial charge is 0.105 e. The molecule has 0 heterocycles. The van der Waals surface area contributed by atoms with Crippen LogP contribution in [0.1, 0.15) is 11.1 Å². The van der Waals surface area contributed by atoms with Crippen molar-refractivity contribution in [1.29, 1.82) is 0 Å². The predicted octanol–water partition coefficient (Wildman–Crippen LogP) is 3.08. The van der Waals surface area contributed by atoms with Crippen molar-refractivity contribution in [2.24, 2.45) is 5.73 Å². The van der Waals surface area contributed by atoms with Gasteiger partial charge in [-0.1, -0.05) is 42.5 Å². The van der Waals surface area contributed by atoms with Crippen LogP contribution in [0.25, 0.3) is 0 Å². The van der Waals surface area contributed by atoms with Crippen LogP contribution in [-0.4, -0.2) is 23.2 Å². The molecule has 21 heavy (non-hydrogen) atoms. The van der Waals surface area contributed by atoms with E-state index in [1.54, 1.807) is 0 Å². The van der Waals surface area contributed by atoms with Crippen molar-refractivity contribution < 1.29 is 5.11 Å². The van der Waals surface area contributed by atoms with E-state index < -0.39 is 0 Å². The number of aliphatic hydroxyl groups is 1. The third kappa shape index (κ3) is 4.27. The number of thiocarbonyl (C=S) groups is 1. The molecule has 3 nitrogen and oxygen atoms in total. The summed E-state index contributed by atoms with van der Waals surface area (Å²) in [4.78, 5) is 2.48. The first-order valence-electron chi connectivity index (χ1n) is 6.61. The van der Waals surface area contributed by atoms with Crippen LogP contribution < -0.4 is 10.6 Å². The maximum atomic E-state index is 9.29. The average Bonchev–Trinajstić information content (AvgIpc) is 2.47. The molecule has 3 N–H and O–H groups in total. The van der Waals surface area contributed by atoms with Crippen molar-refractivity contribution in [2.75, 3.05) is 18.1 Å². The van der Waals surface area contributed by atoms with Crippen molar-refractivity contribution in [2.45, 2.75) is 6.54 Å². The Morgan fingerprint density at radius 3 is 2.48 bits per heavy atom. The molecule has 0 saturated carbocycles. The van der Waals surface area contributed by atoms with E-state index in [2.05, 4.69) is 33.0 Å². The molecule has 0 aliphatic rings. The molecule has 0 saturated heterocycles. The zero-order valence-electron chi connectivity index (χ0n) is 11.5. The van der Waals surface area contributed by atoms with Gasteiger partial charge in [-0.3, -0.25) is 0 Å². The number of nitrogens with two attached hydrogens (primary N) is 1. The maximum Gasteiger partial charge on any atom is 0.105 e. The normalized spacial score (nSPS) is 10.4. The Morgan fingerprint density at radius 2 is 1.90 bits per heavy atom. The lowest BCUT2D eigenvalue weighted by atomic mass is 10.1. The van der Waals surface area contributed by atoms with Gasteiger partial charge in [-0.05, 0) is 39.7 Å². The Bertz CT molecular complexity index is 619. The monoisotopic (exact) mass is 364 g/mol. The van der Waals surface area contributed by atoms with Gasteiger partial charge in [0.15, 0.2) is 0 Å². The second kappa shape index (κ2) is 7.54. The Hall–Kier alpha value is -1.43. The van der Waals surface area contributed by atoms with E-state index in [0.29, 0.717) is 11.5 Å². The largest absolute Gasteiger partial charge is 0.395 e. The first kappa shape index (κ1) is 15.9. The number of hydrogen-bond donors (Lipinski definition) is 2. The van der Waals surface area contributed by atoms with Gasteiger partial charge in [0.1, 0.15) is 4.99 Å². The molecule has 2 aromatic rings. The van der Waals surface area contributed by atoms with Crippen LogP contribution in [0.2, 0.25) is 0 Å². The highest BCUT2D eigenvalue weighted by Gasteiger charge is 2.10. The lowest BCUT2D eigenvalue weighted by molar-refractivity contribution is 0.301. The number of hydrogen-bond acceptors (Lipinski definition) is 3. The highest BCUT2D eigenvalue weighted by molar-refractivity contribution is 9.10. The molecular weight excluding hydrogens is 348 g/mol. The molecule has 0 aromatic heterocycles. The lowest BCUT2D eigenvalue weighted by Crippen LogP contribution is -2.26. The molecule has 0 bridgehead atoms. The second-order valence-corrected chi connectivity index (χ2v) is 5.95. The zero-order chi connectivity index (χ0) is 15.2. The van der Waals surface area contributed by atoms with Crippen molar-refractivity contribution in [1.82, 2.24) is 0 Å². The summed E-state index contributed by atoms with van der Waals surface area (Å²) in [6, 6.07) is 16.0. The average molecular weight is 365 g/mol. The third-order valence-electron chi connectivity index (χ3n) is 3.17. The summed E-state index contributed by atoms with van der Waals surface area (Å²) < 4.78 is 0.864. The van der Waals surface area contributed by atoms with Gasteiger partial charge in [-0.2, -0.15) is 0 Å². The first-order chi connectivity index (χ1) is 10.1. The molecule has 0 spiro atoms. The van der Waals surface area contributed by atoms with E-state index >= 15 is 0 Å². The minimum absolute atomic E-state index is 0.0987. The number of nitrogens with zero attached hydrogens (tertiary/aromatic N) is 1. The van der Waals surface area contributed by atoms with Crippen LogP contribution in [0.15, 0.2) is 53.0 Å². The van der Waals surface area contributed by atoms with Crippen LogP contribution in [0, 0.1) is 0 Å². The number of halogens is 1. The van der Waals surface area contributed by atoms with E-state index in [4.69, 9.17) is 18.0 Å². The summed E-state index contributed by atoms with van der Waals surface area (Å²) in [5, 5.41) is 9.29. The van der Waals surface area contributed by atoms with Gasteiger partial charge < -0.3 is 15.7 Å². The van der Waals surface area contributed by atoms with E-state index in [9.17, 15) is 5.11 Å². The number of rotatable bonds is 6. The molecule has 2 rings (SSSR count). The summed E-state index contributed by atoms with van der Waals surface area (Å²) in [5.74, 6) is 0. The van der Waals surface area contributed by atoms with E-state index in [1.165, 1.54) is 5.56 Å². The highest BCUT2D eigenvalue weighted by atomic mass is 79.9. The fourth-order valence-corrected chi connectivity index (χ4v) is 3.01. The predicted molar refractivity (Wildman–Crippen MR) is 94.6 cm³/mol. The van der Waals surface area contributed by atoms with Gasteiger partial charge in [0, 0.05) is 28.8 Å². The topological polar surface area (TPSA) is 49.5 Å². The molecule has 5 heteroatoms. The van der Waals surface area contributed by atoms with Crippen LogP contribution in [0.3, 0.4) is 0 Å². The summed E-state index contributed by atoms with van der Waals surface area (Å²) in [7, 11) is 0. The molecule has 0 aliphatic carbocycles. The molecule has 2 aromatic carbocycles. The van der Waals surface area contributed by atoms with Gasteiger partial charge in [0.25, 0.3) is 0 Å². The molecule has 0 aliphatic heterocycles. The highest BCUT2D eigenvalue weighted by Crippen LogP contribution is 2.25. The first-order valence-corrected chi connectivity index (χ1v) is 7.81. The van der Waals surface area contributed by atoms with E-state index in [-0.39, 0.29) is 6.61 Å². The van der Waals surface area contributed by atoms with Crippen molar-refractivity contribution in [3.05, 3.63) is 64.1 Å². The fourth-order valence-electron chi connectivity index (χ4n) is 2.12. The molecule has 0 unspecified atom stereocenters. The van der Waals surface area contributed by atoms with Gasteiger partial charge in [-0.15, -0.1) is 0 Å². The number of anilines is 1. The lowest BCUT2D eigenvalue weighted by Gasteiger charge is -2.25. The summed E-state index contributed by atoms with van der Waals surface area (Å²) >= 11 is 8.50. The Balaban J connectivity index is 2.26. The fraction of sp³-hybridized carbons (Fsp3) is 0.188. The van der Waals surface area contributed by atoms with Crippen LogP contribution in [0.5, 0.6) is 0 Å². The minimum Gasteiger partial charge on any atom is -0.395 e. The minimum atomic E-state index is 0.0987. The molecule has 0 radical (unpaired) electrons. The molecule has 0 fully saturated rings. The Kier molecular flexibility index (Phi) is 5.73. The van der Waals surface area contributed by atoms with Crippen molar-refractivity contribution in [3.63, 3.8) is 0 Å². The number of benzene rings is 2. The second-order valence-electron chi connectivity index (χ2n) is 4.66. The summed E-state index contributed by atoms with van der Waals surface area (Å²) in [5.41, 5.74) is 8.70. The third-order valence-corrected chi connectivity index (χ3v) is 4.05. The van der Waals surface area contributed by atoms with Crippen molar-refractivity contribution in [3.8, 4) is 0 Å².